The highest BCUT2D eigenvalue weighted by Crippen LogP contribution is 2.27. The number of nitrogens with two attached hydrogens (primary N) is 1. The maximum atomic E-state index is 12.0. The summed E-state index contributed by atoms with van der Waals surface area (Å²) in [7, 11) is 0. The van der Waals surface area contributed by atoms with Crippen LogP contribution in [0.4, 0.5) is 15.3 Å². The molecule has 0 spiro atoms. The van der Waals surface area contributed by atoms with Gasteiger partial charge in [-0.2, -0.15) is 0 Å². The van der Waals surface area contributed by atoms with E-state index >= 15 is 0 Å². The molecule has 0 bridgehead atoms. The minimum absolute atomic E-state index is 0.189. The summed E-state index contributed by atoms with van der Waals surface area (Å²) in [6.07, 6.45) is -0.627. The first kappa shape index (κ1) is 25.4. The van der Waals surface area contributed by atoms with Gasteiger partial charge in [-0.1, -0.05) is 57.2 Å². The normalized spacial score (nSPS) is 10.3. The average molecular weight is 469 g/mol. The van der Waals surface area contributed by atoms with E-state index in [1.165, 1.54) is 6.07 Å². The molecule has 0 saturated heterocycles. The number of primary amides is 1. The summed E-state index contributed by atoms with van der Waals surface area (Å²) in [6.45, 7) is 6.04. The van der Waals surface area contributed by atoms with E-state index in [9.17, 15) is 14.4 Å². The summed E-state index contributed by atoms with van der Waals surface area (Å²) in [6, 6.07) is 22.5. The Morgan fingerprint density at radius 1 is 0.818 bits per heavy atom. The lowest BCUT2D eigenvalue weighted by Gasteiger charge is -2.21. The standard InChI is InChI=1S/C18H20N2O3.C7H5ClO2/c1-18(2,3)13-9-12(16(19)21)10-14(11-13)20-17(22)23-15-7-5-4-6-8-15;8-7(9)10-6-4-2-1-3-5-6/h4-11H,1-3H3,(H2,19,21)(H,20,22);1-5H. The predicted molar refractivity (Wildman–Crippen MR) is 128 cm³/mol. The Hall–Kier alpha value is -3.84. The molecule has 3 rings (SSSR count). The Labute approximate surface area is 197 Å². The second-order valence-corrected chi connectivity index (χ2v) is 8.20. The molecule has 3 aromatic rings. The van der Waals surface area contributed by atoms with Crippen molar-refractivity contribution in [1.82, 2.24) is 0 Å². The number of hydrogen-bond donors (Lipinski definition) is 2. The average Bonchev–Trinajstić information content (AvgIpc) is 2.74. The number of rotatable bonds is 4. The molecule has 33 heavy (non-hydrogen) atoms. The molecule has 0 atom stereocenters. The third-order valence-electron chi connectivity index (χ3n) is 4.23. The Morgan fingerprint density at radius 3 is 1.79 bits per heavy atom. The van der Waals surface area contributed by atoms with E-state index in [1.807, 2.05) is 32.9 Å². The van der Waals surface area contributed by atoms with Gasteiger partial charge in [0.25, 0.3) is 0 Å². The topological polar surface area (TPSA) is 108 Å². The van der Waals surface area contributed by atoms with Crippen molar-refractivity contribution in [2.75, 3.05) is 5.32 Å². The largest absolute Gasteiger partial charge is 0.417 e. The number of amides is 2. The van der Waals surface area contributed by atoms with Crippen LogP contribution in [0.25, 0.3) is 0 Å². The Balaban J connectivity index is 0.000000321. The van der Waals surface area contributed by atoms with E-state index < -0.39 is 17.4 Å². The summed E-state index contributed by atoms with van der Waals surface area (Å²) in [5.74, 6) is 0.352. The number of para-hydroxylation sites is 2. The molecule has 0 aliphatic rings. The Bertz CT molecular complexity index is 1100. The van der Waals surface area contributed by atoms with Crippen LogP contribution in [-0.2, 0) is 5.41 Å². The third-order valence-corrected chi connectivity index (χ3v) is 4.30. The van der Waals surface area contributed by atoms with E-state index in [0.29, 0.717) is 22.7 Å². The summed E-state index contributed by atoms with van der Waals surface area (Å²) in [5.41, 5.74) is 6.06. The van der Waals surface area contributed by atoms with Crippen LogP contribution in [0.2, 0.25) is 0 Å². The number of benzene rings is 3. The van der Waals surface area contributed by atoms with Gasteiger partial charge < -0.3 is 15.2 Å². The molecule has 0 aliphatic heterocycles. The van der Waals surface area contributed by atoms with Gasteiger partial charge in [0.1, 0.15) is 11.5 Å². The smallest absolute Gasteiger partial charge is 0.415 e. The van der Waals surface area contributed by atoms with Crippen molar-refractivity contribution >= 4 is 34.7 Å². The van der Waals surface area contributed by atoms with Crippen LogP contribution in [-0.4, -0.2) is 17.4 Å². The molecule has 0 fully saturated rings. The van der Waals surface area contributed by atoms with Gasteiger partial charge in [-0.05, 0) is 53.4 Å². The van der Waals surface area contributed by atoms with Crippen molar-refractivity contribution in [2.45, 2.75) is 26.2 Å². The first-order valence-electron chi connectivity index (χ1n) is 9.96. The highest BCUT2D eigenvalue weighted by Gasteiger charge is 2.18. The van der Waals surface area contributed by atoms with Crippen molar-refractivity contribution in [2.24, 2.45) is 5.73 Å². The number of ether oxygens (including phenoxy) is 2. The molecule has 0 aromatic heterocycles. The lowest BCUT2D eigenvalue weighted by atomic mass is 9.85. The maximum Gasteiger partial charge on any atom is 0.417 e. The van der Waals surface area contributed by atoms with E-state index in [4.69, 9.17) is 22.1 Å². The first-order chi connectivity index (χ1) is 15.5. The second-order valence-electron chi connectivity index (χ2n) is 7.89. The number of anilines is 1. The fourth-order valence-electron chi connectivity index (χ4n) is 2.60. The third kappa shape index (κ3) is 9.04. The summed E-state index contributed by atoms with van der Waals surface area (Å²) in [5, 5.41) is 2.63. The van der Waals surface area contributed by atoms with Crippen LogP contribution in [0.5, 0.6) is 11.5 Å². The summed E-state index contributed by atoms with van der Waals surface area (Å²) >= 11 is 4.95. The number of carbonyl (C=O) groups is 3. The zero-order valence-electron chi connectivity index (χ0n) is 18.5. The quantitative estimate of drug-likeness (QED) is 0.448. The highest BCUT2D eigenvalue weighted by molar-refractivity contribution is 6.61. The maximum absolute atomic E-state index is 12.0. The summed E-state index contributed by atoms with van der Waals surface area (Å²) in [4.78, 5) is 33.6. The Morgan fingerprint density at radius 2 is 1.33 bits per heavy atom. The van der Waals surface area contributed by atoms with Crippen LogP contribution in [0, 0.1) is 0 Å². The molecule has 2 amide bonds. The van der Waals surface area contributed by atoms with Crippen molar-refractivity contribution in [3.05, 3.63) is 90.0 Å². The first-order valence-corrected chi connectivity index (χ1v) is 10.3. The number of hydrogen-bond acceptors (Lipinski definition) is 5. The van der Waals surface area contributed by atoms with Crippen molar-refractivity contribution in [1.29, 1.82) is 0 Å². The molecule has 3 aromatic carbocycles. The van der Waals surface area contributed by atoms with E-state index in [-0.39, 0.29) is 5.41 Å². The molecule has 0 unspecified atom stereocenters. The van der Waals surface area contributed by atoms with E-state index in [1.54, 1.807) is 60.7 Å². The molecular formula is C25H25ClN2O5. The van der Waals surface area contributed by atoms with Crippen LogP contribution in [0.15, 0.2) is 78.9 Å². The van der Waals surface area contributed by atoms with Gasteiger partial charge in [0, 0.05) is 22.9 Å². The zero-order chi connectivity index (χ0) is 24.4. The Kier molecular flexibility index (Phi) is 9.00. The molecular weight excluding hydrogens is 444 g/mol. The fraction of sp³-hybridized carbons (Fsp3) is 0.160. The van der Waals surface area contributed by atoms with Crippen molar-refractivity contribution < 1.29 is 23.9 Å². The van der Waals surface area contributed by atoms with Crippen LogP contribution < -0.4 is 20.5 Å². The van der Waals surface area contributed by atoms with Crippen LogP contribution in [0.3, 0.4) is 0 Å². The van der Waals surface area contributed by atoms with Gasteiger partial charge in [0.2, 0.25) is 5.91 Å². The molecule has 172 valence electrons. The second kappa shape index (κ2) is 11.7. The molecule has 0 radical (unpaired) electrons. The van der Waals surface area contributed by atoms with Gasteiger partial charge in [0.05, 0.1) is 0 Å². The molecule has 0 saturated carbocycles. The zero-order valence-corrected chi connectivity index (χ0v) is 19.3. The lowest BCUT2D eigenvalue weighted by molar-refractivity contribution is 0.1000. The van der Waals surface area contributed by atoms with Crippen LogP contribution in [0.1, 0.15) is 36.7 Å². The van der Waals surface area contributed by atoms with Crippen molar-refractivity contribution in [3.8, 4) is 11.5 Å². The fourth-order valence-corrected chi connectivity index (χ4v) is 2.68. The van der Waals surface area contributed by atoms with Gasteiger partial charge >= 0.3 is 11.5 Å². The SMILES string of the molecule is CC(C)(C)c1cc(NC(=O)Oc2ccccc2)cc(C(N)=O)c1.O=C(Cl)Oc1ccccc1. The minimum atomic E-state index is -0.814. The monoisotopic (exact) mass is 468 g/mol. The number of carbonyl (C=O) groups excluding carboxylic acids is 3. The van der Waals surface area contributed by atoms with E-state index in [0.717, 1.165) is 5.56 Å². The molecule has 7 nitrogen and oxygen atoms in total. The lowest BCUT2D eigenvalue weighted by Crippen LogP contribution is -2.20. The highest BCUT2D eigenvalue weighted by atomic mass is 35.5. The molecule has 3 N–H and O–H groups in total. The number of halogens is 1. The summed E-state index contributed by atoms with van der Waals surface area (Å²) < 4.78 is 9.72. The molecule has 0 heterocycles. The van der Waals surface area contributed by atoms with E-state index in [2.05, 4.69) is 10.1 Å². The minimum Gasteiger partial charge on any atom is -0.415 e. The number of nitrogens with one attached hydrogen (secondary N) is 1. The van der Waals surface area contributed by atoms with Crippen LogP contribution >= 0.6 is 11.6 Å². The van der Waals surface area contributed by atoms with Gasteiger partial charge in [-0.3, -0.25) is 10.1 Å². The van der Waals surface area contributed by atoms with Crippen molar-refractivity contribution in [3.63, 3.8) is 0 Å². The molecule has 8 heteroatoms. The predicted octanol–water partition coefficient (Wildman–Crippen LogP) is 6.12. The van der Waals surface area contributed by atoms with Gasteiger partial charge in [-0.25, -0.2) is 9.59 Å². The molecule has 0 aliphatic carbocycles. The van der Waals surface area contributed by atoms with Gasteiger partial charge in [-0.15, -0.1) is 0 Å². The van der Waals surface area contributed by atoms with Gasteiger partial charge in [0.15, 0.2) is 0 Å².